The van der Waals surface area contributed by atoms with E-state index in [2.05, 4.69) is 10.1 Å². The van der Waals surface area contributed by atoms with E-state index in [0.29, 0.717) is 5.56 Å². The van der Waals surface area contributed by atoms with Gasteiger partial charge in [-0.3, -0.25) is 4.79 Å². The van der Waals surface area contributed by atoms with Gasteiger partial charge in [0.2, 0.25) is 0 Å². The number of halogens is 3. The predicted molar refractivity (Wildman–Crippen MR) is 91.8 cm³/mol. The first-order valence-electron chi connectivity index (χ1n) is 7.87. The third-order valence-electron chi connectivity index (χ3n) is 3.62. The molecule has 0 unspecified atom stereocenters. The average Bonchev–Trinajstić information content (AvgIpc) is 2.60. The minimum Gasteiger partial charge on any atom is -0.405 e. The summed E-state index contributed by atoms with van der Waals surface area (Å²) in [4.78, 5) is 24.5. The summed E-state index contributed by atoms with van der Waals surface area (Å²) >= 11 is 0. The fourth-order valence-corrected chi connectivity index (χ4v) is 2.36. The summed E-state index contributed by atoms with van der Waals surface area (Å²) in [5, 5.41) is 2.43. The first kappa shape index (κ1) is 20.1. The number of nitrogens with one attached hydrogen (secondary N) is 1. The first-order valence-corrected chi connectivity index (χ1v) is 7.87. The monoisotopic (exact) mass is 381 g/mol. The van der Waals surface area contributed by atoms with Crippen LogP contribution < -0.4 is 15.8 Å². The van der Waals surface area contributed by atoms with Crippen molar-refractivity contribution in [3.8, 4) is 5.75 Å². The Labute approximate surface area is 153 Å². The highest BCUT2D eigenvalue weighted by Crippen LogP contribution is 2.27. The molecule has 144 valence electrons. The second kappa shape index (κ2) is 8.43. The van der Waals surface area contributed by atoms with Crippen LogP contribution in [0.5, 0.6) is 5.75 Å². The molecule has 2 rings (SSSR count). The molecule has 2 aromatic rings. The van der Waals surface area contributed by atoms with E-state index in [9.17, 15) is 22.8 Å². The number of primary amides is 1. The number of alkyl halides is 3. The van der Waals surface area contributed by atoms with Gasteiger partial charge in [0.25, 0.3) is 5.91 Å². The van der Waals surface area contributed by atoms with Crippen LogP contribution in [0.2, 0.25) is 0 Å². The molecule has 0 saturated heterocycles. The number of ether oxygens (including phenoxy) is 1. The number of benzene rings is 2. The predicted octanol–water partition coefficient (Wildman–Crippen LogP) is 3.03. The number of hydrogen-bond acceptors (Lipinski definition) is 3. The van der Waals surface area contributed by atoms with E-state index in [1.54, 1.807) is 30.3 Å². The van der Waals surface area contributed by atoms with Gasteiger partial charge in [0.15, 0.2) is 0 Å². The summed E-state index contributed by atoms with van der Waals surface area (Å²) in [6.45, 7) is 0.165. The largest absolute Gasteiger partial charge is 0.573 e. The maximum atomic E-state index is 12.5. The highest BCUT2D eigenvalue weighted by atomic mass is 19.4. The van der Waals surface area contributed by atoms with E-state index in [4.69, 9.17) is 5.73 Å². The Morgan fingerprint density at radius 3 is 2.33 bits per heavy atom. The molecule has 0 aliphatic carbocycles. The summed E-state index contributed by atoms with van der Waals surface area (Å²) in [6, 6.07) is 11.4. The van der Waals surface area contributed by atoms with E-state index in [1.807, 2.05) is 0 Å². The molecular formula is C18H18F3N3O3. The molecule has 0 radical (unpaired) electrons. The van der Waals surface area contributed by atoms with Crippen LogP contribution in [0.15, 0.2) is 48.5 Å². The Bertz CT molecular complexity index is 807. The third-order valence-corrected chi connectivity index (χ3v) is 3.62. The van der Waals surface area contributed by atoms with Crippen molar-refractivity contribution in [2.24, 2.45) is 5.73 Å². The van der Waals surface area contributed by atoms with E-state index < -0.39 is 12.4 Å². The summed E-state index contributed by atoms with van der Waals surface area (Å²) in [5.74, 6) is -0.719. The zero-order valence-corrected chi connectivity index (χ0v) is 14.4. The van der Waals surface area contributed by atoms with Crippen LogP contribution >= 0.6 is 0 Å². The zero-order valence-electron chi connectivity index (χ0n) is 14.4. The molecule has 9 heteroatoms. The van der Waals surface area contributed by atoms with Crippen molar-refractivity contribution in [1.82, 2.24) is 10.2 Å². The van der Waals surface area contributed by atoms with Gasteiger partial charge in [-0.1, -0.05) is 30.3 Å². The molecule has 27 heavy (non-hydrogen) atoms. The van der Waals surface area contributed by atoms with Gasteiger partial charge in [-0.05, 0) is 23.8 Å². The Morgan fingerprint density at radius 1 is 1.11 bits per heavy atom. The van der Waals surface area contributed by atoms with Gasteiger partial charge in [-0.15, -0.1) is 13.2 Å². The van der Waals surface area contributed by atoms with Crippen LogP contribution in [0.25, 0.3) is 0 Å². The Kier molecular flexibility index (Phi) is 6.27. The topological polar surface area (TPSA) is 84.7 Å². The molecule has 0 heterocycles. The van der Waals surface area contributed by atoms with Crippen LogP contribution in [-0.2, 0) is 13.1 Å². The number of nitrogens with zero attached hydrogens (tertiary/aromatic N) is 1. The van der Waals surface area contributed by atoms with E-state index in [1.165, 1.54) is 30.1 Å². The number of nitrogens with two attached hydrogens (primary N) is 1. The molecule has 0 bridgehead atoms. The van der Waals surface area contributed by atoms with Gasteiger partial charge in [-0.2, -0.15) is 0 Å². The molecule has 0 saturated carbocycles. The van der Waals surface area contributed by atoms with Gasteiger partial charge in [0.1, 0.15) is 5.75 Å². The maximum Gasteiger partial charge on any atom is 0.573 e. The SMILES string of the molecule is CN(Cc1ccccc1OC(F)(F)F)C(=O)c1ccc(CNC(N)=O)cc1. The highest BCUT2D eigenvalue weighted by molar-refractivity contribution is 5.94. The van der Waals surface area contributed by atoms with Gasteiger partial charge < -0.3 is 20.7 Å². The summed E-state index contributed by atoms with van der Waals surface area (Å²) in [7, 11) is 1.48. The van der Waals surface area contributed by atoms with Gasteiger partial charge in [0, 0.05) is 31.3 Å². The van der Waals surface area contributed by atoms with Crippen molar-refractivity contribution < 1.29 is 27.5 Å². The minimum atomic E-state index is -4.81. The Hall–Kier alpha value is -3.23. The Morgan fingerprint density at radius 2 is 1.74 bits per heavy atom. The van der Waals surface area contributed by atoms with Crippen LogP contribution in [0, 0.1) is 0 Å². The highest BCUT2D eigenvalue weighted by Gasteiger charge is 2.32. The first-order chi connectivity index (χ1) is 12.7. The lowest BCUT2D eigenvalue weighted by atomic mass is 10.1. The van der Waals surface area contributed by atoms with Crippen molar-refractivity contribution in [2.75, 3.05) is 7.05 Å². The Balaban J connectivity index is 2.07. The summed E-state index contributed by atoms with van der Waals surface area (Å²) < 4.78 is 41.5. The molecule has 3 amide bonds. The number of para-hydroxylation sites is 1. The van der Waals surface area contributed by atoms with Crippen LogP contribution in [0.1, 0.15) is 21.5 Å². The fraction of sp³-hybridized carbons (Fsp3) is 0.222. The lowest BCUT2D eigenvalue weighted by Crippen LogP contribution is -2.29. The number of rotatable bonds is 6. The van der Waals surface area contributed by atoms with Crippen molar-refractivity contribution >= 4 is 11.9 Å². The molecule has 0 aliphatic heterocycles. The van der Waals surface area contributed by atoms with Gasteiger partial charge >= 0.3 is 12.4 Å². The van der Waals surface area contributed by atoms with E-state index in [-0.39, 0.29) is 30.3 Å². The number of carbonyl (C=O) groups is 2. The molecule has 0 aliphatic rings. The van der Waals surface area contributed by atoms with E-state index >= 15 is 0 Å². The molecule has 0 aromatic heterocycles. The maximum absolute atomic E-state index is 12.5. The van der Waals surface area contributed by atoms with Crippen LogP contribution in [0.3, 0.4) is 0 Å². The molecule has 0 atom stereocenters. The minimum absolute atomic E-state index is 0.0595. The zero-order chi connectivity index (χ0) is 20.0. The smallest absolute Gasteiger partial charge is 0.405 e. The quantitative estimate of drug-likeness (QED) is 0.807. The number of urea groups is 1. The molecule has 6 nitrogen and oxygen atoms in total. The fourth-order valence-electron chi connectivity index (χ4n) is 2.36. The van der Waals surface area contributed by atoms with Gasteiger partial charge in [0.05, 0.1) is 0 Å². The third kappa shape index (κ3) is 6.21. The van der Waals surface area contributed by atoms with Crippen molar-refractivity contribution in [3.05, 3.63) is 65.2 Å². The number of hydrogen-bond donors (Lipinski definition) is 2. The number of amides is 3. The average molecular weight is 381 g/mol. The van der Waals surface area contributed by atoms with Gasteiger partial charge in [-0.25, -0.2) is 4.79 Å². The van der Waals surface area contributed by atoms with E-state index in [0.717, 1.165) is 5.56 Å². The second-order valence-corrected chi connectivity index (χ2v) is 5.73. The normalized spacial score (nSPS) is 11.0. The van der Waals surface area contributed by atoms with Crippen molar-refractivity contribution in [2.45, 2.75) is 19.5 Å². The summed E-state index contributed by atoms with van der Waals surface area (Å²) in [5.41, 5.74) is 6.32. The summed E-state index contributed by atoms with van der Waals surface area (Å²) in [6.07, 6.45) is -4.81. The molecule has 3 N–H and O–H groups in total. The molecule has 2 aromatic carbocycles. The second-order valence-electron chi connectivity index (χ2n) is 5.73. The molecule has 0 fully saturated rings. The standard InChI is InChI=1S/C18H18F3N3O3/c1-24(11-14-4-2-3-5-15(14)27-18(19,20)21)16(25)13-8-6-12(7-9-13)10-23-17(22)26/h2-9H,10-11H2,1H3,(H3,22,23,26). The van der Waals surface area contributed by atoms with Crippen molar-refractivity contribution in [1.29, 1.82) is 0 Å². The molecular weight excluding hydrogens is 363 g/mol. The molecule has 0 spiro atoms. The lowest BCUT2D eigenvalue weighted by Gasteiger charge is -2.20. The van der Waals surface area contributed by atoms with Crippen molar-refractivity contribution in [3.63, 3.8) is 0 Å². The number of carbonyl (C=O) groups excluding carboxylic acids is 2. The van der Waals surface area contributed by atoms with Crippen LogP contribution in [0.4, 0.5) is 18.0 Å². The lowest BCUT2D eigenvalue weighted by molar-refractivity contribution is -0.275. The van der Waals surface area contributed by atoms with Crippen LogP contribution in [-0.4, -0.2) is 30.2 Å².